The number of nitrogens with zero attached hydrogens (tertiary/aromatic N) is 2. The monoisotopic (exact) mass is 313 g/mol. The maximum Gasteiger partial charge on any atom is 0.186 e. The van der Waals surface area contributed by atoms with Crippen molar-refractivity contribution in [2.45, 2.75) is 6.92 Å². The highest BCUT2D eigenvalue weighted by molar-refractivity contribution is 7.16. The Balaban J connectivity index is 1.71. The van der Waals surface area contributed by atoms with Crippen molar-refractivity contribution in [1.82, 2.24) is 9.97 Å². The lowest BCUT2D eigenvalue weighted by molar-refractivity contribution is -0.880. The Kier molecular flexibility index (Phi) is 3.39. The smallest absolute Gasteiger partial charge is 0.186 e. The molecule has 3 aromatic rings. The molecule has 5 heteroatoms. The molecule has 0 aliphatic carbocycles. The number of para-hydroxylation sites is 1. The first-order valence-corrected chi connectivity index (χ1v) is 8.64. The van der Waals surface area contributed by atoms with E-state index in [4.69, 9.17) is 4.98 Å². The van der Waals surface area contributed by atoms with Crippen LogP contribution in [0.15, 0.2) is 30.5 Å². The van der Waals surface area contributed by atoms with Crippen LogP contribution in [0.1, 0.15) is 4.88 Å². The molecule has 114 valence electrons. The molecule has 1 aliphatic rings. The Labute approximate surface area is 134 Å². The molecule has 1 saturated heterocycles. The van der Waals surface area contributed by atoms with E-state index >= 15 is 0 Å². The molecule has 3 heterocycles. The van der Waals surface area contributed by atoms with E-state index in [1.165, 1.54) is 39.6 Å². The van der Waals surface area contributed by atoms with Crippen molar-refractivity contribution in [2.24, 2.45) is 0 Å². The van der Waals surface area contributed by atoms with Crippen molar-refractivity contribution >= 4 is 27.4 Å². The minimum absolute atomic E-state index is 1.10. The van der Waals surface area contributed by atoms with Gasteiger partial charge >= 0.3 is 0 Å². The Morgan fingerprint density at radius 1 is 1.23 bits per heavy atom. The standard InChI is InChI=1S/C17H20N4S/c1-12-16(14-11-18-15-6-4-3-5-13(14)15)19-17(22-12)21-9-7-20(2)8-10-21/h3-6,11,18H,7-10H2,1-2H3/p+1. The second-order valence-corrected chi connectivity index (χ2v) is 7.27. The molecule has 1 aliphatic heterocycles. The van der Waals surface area contributed by atoms with Gasteiger partial charge in [-0.2, -0.15) is 0 Å². The number of fused-ring (bicyclic) bond motifs is 1. The third-order valence-corrected chi connectivity index (χ3v) is 5.55. The molecule has 0 saturated carbocycles. The SMILES string of the molecule is Cc1sc(N2CC[NH+](C)CC2)nc1-c1c[nH]c2ccccc12. The van der Waals surface area contributed by atoms with Gasteiger partial charge in [-0.05, 0) is 13.0 Å². The lowest BCUT2D eigenvalue weighted by Crippen LogP contribution is -3.12. The third kappa shape index (κ3) is 2.30. The van der Waals surface area contributed by atoms with Crippen LogP contribution >= 0.6 is 11.3 Å². The molecule has 1 aromatic carbocycles. The zero-order valence-corrected chi connectivity index (χ0v) is 13.8. The van der Waals surface area contributed by atoms with Crippen molar-refractivity contribution in [3.63, 3.8) is 0 Å². The number of H-pyrrole nitrogens is 1. The summed E-state index contributed by atoms with van der Waals surface area (Å²) in [7, 11) is 2.27. The lowest BCUT2D eigenvalue weighted by Gasteiger charge is -2.29. The van der Waals surface area contributed by atoms with Crippen LogP contribution in [-0.2, 0) is 0 Å². The van der Waals surface area contributed by atoms with Gasteiger partial charge in [-0.15, -0.1) is 11.3 Å². The van der Waals surface area contributed by atoms with Gasteiger partial charge in [0.1, 0.15) is 0 Å². The highest BCUT2D eigenvalue weighted by Crippen LogP contribution is 2.35. The van der Waals surface area contributed by atoms with E-state index < -0.39 is 0 Å². The fourth-order valence-electron chi connectivity index (χ4n) is 3.11. The maximum absolute atomic E-state index is 4.97. The summed E-state index contributed by atoms with van der Waals surface area (Å²) in [5, 5.41) is 2.43. The first kappa shape index (κ1) is 13.8. The van der Waals surface area contributed by atoms with Gasteiger partial charge in [0, 0.05) is 27.5 Å². The van der Waals surface area contributed by atoms with Crippen LogP contribution in [-0.4, -0.2) is 43.2 Å². The van der Waals surface area contributed by atoms with Gasteiger partial charge in [-0.25, -0.2) is 4.98 Å². The summed E-state index contributed by atoms with van der Waals surface area (Å²) < 4.78 is 0. The van der Waals surface area contributed by atoms with Crippen molar-refractivity contribution in [1.29, 1.82) is 0 Å². The second-order valence-electron chi connectivity index (χ2n) is 6.09. The van der Waals surface area contributed by atoms with Gasteiger partial charge in [-0.1, -0.05) is 18.2 Å². The number of quaternary nitrogens is 1. The number of anilines is 1. The van der Waals surface area contributed by atoms with E-state index in [0.29, 0.717) is 0 Å². The summed E-state index contributed by atoms with van der Waals surface area (Å²) in [4.78, 5) is 13.7. The molecule has 0 amide bonds. The van der Waals surface area contributed by atoms with E-state index in [2.05, 4.69) is 54.3 Å². The van der Waals surface area contributed by atoms with Crippen LogP contribution in [0, 0.1) is 6.92 Å². The predicted octanol–water partition coefficient (Wildman–Crippen LogP) is 1.93. The first-order chi connectivity index (χ1) is 10.7. The van der Waals surface area contributed by atoms with E-state index in [1.807, 2.05) is 11.3 Å². The molecule has 0 atom stereocenters. The maximum atomic E-state index is 4.97. The molecule has 0 spiro atoms. The lowest BCUT2D eigenvalue weighted by atomic mass is 10.1. The Morgan fingerprint density at radius 2 is 2.00 bits per heavy atom. The fraction of sp³-hybridized carbons (Fsp3) is 0.353. The van der Waals surface area contributed by atoms with Crippen LogP contribution in [0.5, 0.6) is 0 Å². The van der Waals surface area contributed by atoms with E-state index in [0.717, 1.165) is 18.8 Å². The highest BCUT2D eigenvalue weighted by Gasteiger charge is 2.22. The average molecular weight is 313 g/mol. The molecular formula is C17H21N4S+. The molecule has 0 radical (unpaired) electrons. The normalized spacial score (nSPS) is 16.5. The summed E-state index contributed by atoms with van der Waals surface area (Å²) >= 11 is 1.82. The largest absolute Gasteiger partial charge is 0.360 e. The van der Waals surface area contributed by atoms with Gasteiger partial charge in [0.25, 0.3) is 0 Å². The summed E-state index contributed by atoms with van der Waals surface area (Å²) in [5.74, 6) is 0. The summed E-state index contributed by atoms with van der Waals surface area (Å²) in [5.41, 5.74) is 3.52. The zero-order chi connectivity index (χ0) is 15.1. The minimum atomic E-state index is 1.10. The molecule has 4 rings (SSSR count). The summed E-state index contributed by atoms with van der Waals surface area (Å²) in [6, 6.07) is 8.43. The molecule has 0 unspecified atom stereocenters. The zero-order valence-electron chi connectivity index (χ0n) is 13.0. The number of piperazine rings is 1. The van der Waals surface area contributed by atoms with Crippen molar-refractivity contribution in [3.05, 3.63) is 35.3 Å². The molecule has 1 fully saturated rings. The van der Waals surface area contributed by atoms with Crippen LogP contribution in [0.25, 0.3) is 22.2 Å². The quantitative estimate of drug-likeness (QED) is 0.758. The van der Waals surface area contributed by atoms with Crippen molar-refractivity contribution in [3.8, 4) is 11.3 Å². The molecular weight excluding hydrogens is 292 g/mol. The number of hydrogen-bond acceptors (Lipinski definition) is 3. The van der Waals surface area contributed by atoms with Gasteiger partial charge < -0.3 is 14.8 Å². The molecule has 2 aromatic heterocycles. The summed E-state index contributed by atoms with van der Waals surface area (Å²) in [6.45, 7) is 6.78. The van der Waals surface area contributed by atoms with Crippen molar-refractivity contribution in [2.75, 3.05) is 38.1 Å². The number of benzene rings is 1. The number of nitrogens with one attached hydrogen (secondary N) is 2. The molecule has 22 heavy (non-hydrogen) atoms. The minimum Gasteiger partial charge on any atom is -0.360 e. The van der Waals surface area contributed by atoms with Gasteiger partial charge in [0.15, 0.2) is 5.13 Å². The van der Waals surface area contributed by atoms with E-state index in [-0.39, 0.29) is 0 Å². The van der Waals surface area contributed by atoms with Crippen molar-refractivity contribution < 1.29 is 4.90 Å². The predicted molar refractivity (Wildman–Crippen MR) is 93.0 cm³/mol. The Morgan fingerprint density at radius 3 is 2.82 bits per heavy atom. The summed E-state index contributed by atoms with van der Waals surface area (Å²) in [6.07, 6.45) is 2.09. The van der Waals surface area contributed by atoms with Crippen LogP contribution < -0.4 is 9.80 Å². The number of hydrogen-bond donors (Lipinski definition) is 2. The molecule has 0 bridgehead atoms. The topological polar surface area (TPSA) is 36.4 Å². The number of rotatable bonds is 2. The fourth-order valence-corrected chi connectivity index (χ4v) is 4.09. The third-order valence-electron chi connectivity index (χ3n) is 4.52. The van der Waals surface area contributed by atoms with Crippen LogP contribution in [0.2, 0.25) is 0 Å². The van der Waals surface area contributed by atoms with Gasteiger partial charge in [0.05, 0.1) is 38.9 Å². The van der Waals surface area contributed by atoms with Gasteiger partial charge in [0.2, 0.25) is 0 Å². The average Bonchev–Trinajstić information content (AvgIpc) is 3.11. The van der Waals surface area contributed by atoms with Gasteiger partial charge in [-0.3, -0.25) is 0 Å². The van der Waals surface area contributed by atoms with Crippen LogP contribution in [0.4, 0.5) is 5.13 Å². The number of likely N-dealkylation sites (N-methyl/N-ethyl adjacent to an activating group) is 1. The molecule has 2 N–H and O–H groups in total. The van der Waals surface area contributed by atoms with E-state index in [1.54, 1.807) is 4.90 Å². The number of aromatic amines is 1. The van der Waals surface area contributed by atoms with E-state index in [9.17, 15) is 0 Å². The first-order valence-electron chi connectivity index (χ1n) is 7.82. The second kappa shape index (κ2) is 5.41. The highest BCUT2D eigenvalue weighted by atomic mass is 32.1. The van der Waals surface area contributed by atoms with Crippen LogP contribution in [0.3, 0.4) is 0 Å². The number of aromatic nitrogens is 2. The Hall–Kier alpha value is -1.85. The number of thiazole rings is 1. The molecule has 4 nitrogen and oxygen atoms in total. The Bertz CT molecular complexity index is 796. The number of aryl methyl sites for hydroxylation is 1.